The third-order valence-corrected chi connectivity index (χ3v) is 2.60. The normalized spacial score (nSPS) is 19.4. The van der Waals surface area contributed by atoms with Gasteiger partial charge in [0.05, 0.1) is 7.11 Å². The summed E-state index contributed by atoms with van der Waals surface area (Å²) in [5.74, 6) is 0.240. The molecule has 16 heavy (non-hydrogen) atoms. The number of carbonyl (C=O) groups excluding carboxylic acids is 1. The molecule has 0 radical (unpaired) electrons. The van der Waals surface area contributed by atoms with Crippen molar-refractivity contribution in [1.82, 2.24) is 15.6 Å². The molecule has 1 aromatic heterocycles. The molecular weight excluding hydrogens is 206 g/mol. The van der Waals surface area contributed by atoms with Crippen molar-refractivity contribution in [2.45, 2.75) is 12.5 Å². The van der Waals surface area contributed by atoms with Crippen molar-refractivity contribution in [2.24, 2.45) is 0 Å². The van der Waals surface area contributed by atoms with E-state index in [0.717, 1.165) is 19.5 Å². The molecule has 2 heterocycles. The van der Waals surface area contributed by atoms with Gasteiger partial charge in [-0.2, -0.15) is 0 Å². The number of ether oxygens (including phenoxy) is 1. The molecule has 1 atom stereocenters. The molecule has 1 saturated heterocycles. The fraction of sp³-hybridized carbons (Fsp3) is 0.455. The Bertz CT molecular complexity index is 375. The van der Waals surface area contributed by atoms with Crippen molar-refractivity contribution in [3.63, 3.8) is 0 Å². The summed E-state index contributed by atoms with van der Waals surface area (Å²) in [6.45, 7) is 1.78. The SMILES string of the molecule is COc1ncccc1C(=O)N[C@@H]1CCNC1. The van der Waals surface area contributed by atoms with Crippen LogP contribution in [0.25, 0.3) is 0 Å². The van der Waals surface area contributed by atoms with Gasteiger partial charge < -0.3 is 15.4 Å². The van der Waals surface area contributed by atoms with E-state index in [1.807, 2.05) is 0 Å². The van der Waals surface area contributed by atoms with Crippen molar-refractivity contribution in [3.8, 4) is 5.88 Å². The van der Waals surface area contributed by atoms with Crippen molar-refractivity contribution in [3.05, 3.63) is 23.9 Å². The predicted octanol–water partition coefficient (Wildman–Crippen LogP) is 0.182. The number of hydrogen-bond donors (Lipinski definition) is 2. The van der Waals surface area contributed by atoms with Gasteiger partial charge in [0.15, 0.2) is 0 Å². The molecule has 2 N–H and O–H groups in total. The highest BCUT2D eigenvalue weighted by Gasteiger charge is 2.19. The van der Waals surface area contributed by atoms with Gasteiger partial charge >= 0.3 is 0 Å². The van der Waals surface area contributed by atoms with Crippen LogP contribution in [-0.2, 0) is 0 Å². The van der Waals surface area contributed by atoms with Crippen LogP contribution in [-0.4, -0.2) is 37.1 Å². The third kappa shape index (κ3) is 2.30. The van der Waals surface area contributed by atoms with Gasteiger partial charge in [0.2, 0.25) is 5.88 Å². The van der Waals surface area contributed by atoms with Gasteiger partial charge in [0.25, 0.3) is 5.91 Å². The number of carbonyl (C=O) groups is 1. The average molecular weight is 221 g/mol. The summed E-state index contributed by atoms with van der Waals surface area (Å²) in [7, 11) is 1.51. The first kappa shape index (κ1) is 10.9. The summed E-state index contributed by atoms with van der Waals surface area (Å²) >= 11 is 0. The van der Waals surface area contributed by atoms with Crippen molar-refractivity contribution in [1.29, 1.82) is 0 Å². The van der Waals surface area contributed by atoms with Crippen molar-refractivity contribution < 1.29 is 9.53 Å². The van der Waals surface area contributed by atoms with Crippen LogP contribution < -0.4 is 15.4 Å². The number of nitrogens with one attached hydrogen (secondary N) is 2. The topological polar surface area (TPSA) is 63.2 Å². The minimum Gasteiger partial charge on any atom is -0.480 e. The number of pyridine rings is 1. The van der Waals surface area contributed by atoms with Crippen molar-refractivity contribution in [2.75, 3.05) is 20.2 Å². The smallest absolute Gasteiger partial charge is 0.257 e. The van der Waals surface area contributed by atoms with Crippen LogP contribution in [0, 0.1) is 0 Å². The summed E-state index contributed by atoms with van der Waals surface area (Å²) in [6.07, 6.45) is 2.57. The van der Waals surface area contributed by atoms with Crippen LogP contribution in [0.1, 0.15) is 16.8 Å². The standard InChI is InChI=1S/C11H15N3O2/c1-16-11-9(3-2-5-13-11)10(15)14-8-4-6-12-7-8/h2-3,5,8,12H,4,6-7H2,1H3,(H,14,15)/t8-/m1/s1. The van der Waals surface area contributed by atoms with Gasteiger partial charge in [-0.15, -0.1) is 0 Å². The lowest BCUT2D eigenvalue weighted by atomic mass is 10.2. The Labute approximate surface area is 94.2 Å². The lowest BCUT2D eigenvalue weighted by Crippen LogP contribution is -2.36. The Balaban J connectivity index is 2.07. The van der Waals surface area contributed by atoms with E-state index in [1.54, 1.807) is 18.3 Å². The van der Waals surface area contributed by atoms with E-state index in [4.69, 9.17) is 4.74 Å². The van der Waals surface area contributed by atoms with Gasteiger partial charge in [-0.05, 0) is 25.1 Å². The maximum absolute atomic E-state index is 11.9. The van der Waals surface area contributed by atoms with Gasteiger partial charge in [-0.1, -0.05) is 0 Å². The molecule has 86 valence electrons. The molecule has 2 rings (SSSR count). The molecule has 1 amide bonds. The first-order valence-electron chi connectivity index (χ1n) is 5.32. The lowest BCUT2D eigenvalue weighted by molar-refractivity contribution is 0.0936. The summed E-state index contributed by atoms with van der Waals surface area (Å²) in [5, 5.41) is 6.14. The predicted molar refractivity (Wildman–Crippen MR) is 59.5 cm³/mol. The van der Waals surface area contributed by atoms with Crippen LogP contribution >= 0.6 is 0 Å². The first-order chi connectivity index (χ1) is 7.81. The summed E-state index contributed by atoms with van der Waals surface area (Å²) < 4.78 is 5.04. The Kier molecular flexibility index (Phi) is 3.36. The number of methoxy groups -OCH3 is 1. The maximum Gasteiger partial charge on any atom is 0.257 e. The molecule has 0 spiro atoms. The summed E-state index contributed by atoms with van der Waals surface area (Å²) in [5.41, 5.74) is 0.483. The second kappa shape index (κ2) is 4.94. The fourth-order valence-corrected chi connectivity index (χ4v) is 1.77. The first-order valence-corrected chi connectivity index (χ1v) is 5.32. The second-order valence-electron chi connectivity index (χ2n) is 3.72. The van der Waals surface area contributed by atoms with E-state index in [0.29, 0.717) is 11.4 Å². The van der Waals surface area contributed by atoms with Gasteiger partial charge in [-0.3, -0.25) is 4.79 Å². The fourth-order valence-electron chi connectivity index (χ4n) is 1.77. The average Bonchev–Trinajstić information content (AvgIpc) is 2.81. The van der Waals surface area contributed by atoms with E-state index in [1.165, 1.54) is 7.11 Å². The quantitative estimate of drug-likeness (QED) is 0.764. The molecule has 0 bridgehead atoms. The zero-order valence-corrected chi connectivity index (χ0v) is 9.19. The highest BCUT2D eigenvalue weighted by atomic mass is 16.5. The molecule has 0 aliphatic carbocycles. The highest BCUT2D eigenvalue weighted by Crippen LogP contribution is 2.13. The Morgan fingerprint density at radius 3 is 3.25 bits per heavy atom. The Morgan fingerprint density at radius 1 is 1.69 bits per heavy atom. The van der Waals surface area contributed by atoms with Crippen LogP contribution in [0.2, 0.25) is 0 Å². The maximum atomic E-state index is 11.9. The highest BCUT2D eigenvalue weighted by molar-refractivity contribution is 5.96. The zero-order valence-electron chi connectivity index (χ0n) is 9.19. The van der Waals surface area contributed by atoms with E-state index in [-0.39, 0.29) is 11.9 Å². The molecule has 1 aliphatic rings. The number of rotatable bonds is 3. The zero-order chi connectivity index (χ0) is 11.4. The Hall–Kier alpha value is -1.62. The largest absolute Gasteiger partial charge is 0.480 e. The summed E-state index contributed by atoms with van der Waals surface area (Å²) in [4.78, 5) is 15.9. The molecule has 1 fully saturated rings. The molecule has 1 aromatic rings. The Morgan fingerprint density at radius 2 is 2.56 bits per heavy atom. The summed E-state index contributed by atoms with van der Waals surface area (Å²) in [6, 6.07) is 3.64. The monoisotopic (exact) mass is 221 g/mol. The van der Waals surface area contributed by atoms with E-state index >= 15 is 0 Å². The molecule has 0 unspecified atom stereocenters. The molecule has 0 aromatic carbocycles. The minimum atomic E-state index is -0.126. The molecule has 1 aliphatic heterocycles. The van der Waals surface area contributed by atoms with Crippen LogP contribution in [0.4, 0.5) is 0 Å². The molecule has 5 nitrogen and oxygen atoms in total. The number of nitrogens with zero attached hydrogens (tertiary/aromatic N) is 1. The van der Waals surface area contributed by atoms with Crippen molar-refractivity contribution >= 4 is 5.91 Å². The van der Waals surface area contributed by atoms with Gasteiger partial charge in [0.1, 0.15) is 5.56 Å². The van der Waals surface area contributed by atoms with E-state index < -0.39 is 0 Å². The molecule has 5 heteroatoms. The third-order valence-electron chi connectivity index (χ3n) is 2.60. The van der Waals surface area contributed by atoms with Crippen LogP contribution in [0.15, 0.2) is 18.3 Å². The van der Waals surface area contributed by atoms with Gasteiger partial charge in [0, 0.05) is 18.8 Å². The molecular formula is C11H15N3O2. The van der Waals surface area contributed by atoms with Crippen LogP contribution in [0.3, 0.4) is 0 Å². The van der Waals surface area contributed by atoms with E-state index in [9.17, 15) is 4.79 Å². The second-order valence-corrected chi connectivity index (χ2v) is 3.72. The van der Waals surface area contributed by atoms with Gasteiger partial charge in [-0.25, -0.2) is 4.98 Å². The number of hydrogen-bond acceptors (Lipinski definition) is 4. The van der Waals surface area contributed by atoms with E-state index in [2.05, 4.69) is 15.6 Å². The van der Waals surface area contributed by atoms with Crippen LogP contribution in [0.5, 0.6) is 5.88 Å². The minimum absolute atomic E-state index is 0.126. The lowest BCUT2D eigenvalue weighted by Gasteiger charge is -2.12. The number of amides is 1. The molecule has 0 saturated carbocycles. The number of aromatic nitrogens is 1.